The fraction of sp³-hybridized carbons (Fsp3) is 0.286. The van der Waals surface area contributed by atoms with Gasteiger partial charge in [0.25, 0.3) is 0 Å². The van der Waals surface area contributed by atoms with Crippen molar-refractivity contribution in [2.75, 3.05) is 6.54 Å². The van der Waals surface area contributed by atoms with Gasteiger partial charge in [0, 0.05) is 33.4 Å². The number of halogens is 2. The maximum absolute atomic E-state index is 11.9. The number of nitrogens with one attached hydrogen (secondary N) is 2. The second-order valence-electron chi connectivity index (χ2n) is 4.30. The lowest BCUT2D eigenvalue weighted by atomic mass is 10.1. The summed E-state index contributed by atoms with van der Waals surface area (Å²) in [4.78, 5) is 11.9. The Hall–Kier alpha value is -1.52. The van der Waals surface area contributed by atoms with E-state index in [4.69, 9.17) is 23.2 Å². The van der Waals surface area contributed by atoms with E-state index in [-0.39, 0.29) is 23.9 Å². The second-order valence-corrected chi connectivity index (χ2v) is 5.17. The molecule has 1 rings (SSSR count). The van der Waals surface area contributed by atoms with Crippen LogP contribution < -0.4 is 5.32 Å². The smallest absolute Gasteiger partial charge is 0.224 e. The van der Waals surface area contributed by atoms with Crippen LogP contribution in [-0.4, -0.2) is 22.6 Å². The summed E-state index contributed by atoms with van der Waals surface area (Å²) in [5.41, 5.74) is 3.16. The van der Waals surface area contributed by atoms with Crippen LogP contribution in [0.2, 0.25) is 0 Å². The van der Waals surface area contributed by atoms with Crippen molar-refractivity contribution in [1.82, 2.24) is 15.5 Å². The predicted octanol–water partition coefficient (Wildman–Crippen LogP) is 3.12. The summed E-state index contributed by atoms with van der Waals surface area (Å²) < 4.78 is 0. The lowest BCUT2D eigenvalue weighted by Gasteiger charge is -2.09. The van der Waals surface area contributed by atoms with Crippen LogP contribution in [0.5, 0.6) is 0 Å². The number of hydrogen-bond acceptors (Lipinski definition) is 2. The average Bonchev–Trinajstić information content (AvgIpc) is 2.70. The quantitative estimate of drug-likeness (QED) is 0.793. The molecule has 1 heterocycles. The average molecular weight is 314 g/mol. The topological polar surface area (TPSA) is 57.8 Å². The third-order valence-corrected chi connectivity index (χ3v) is 3.49. The van der Waals surface area contributed by atoms with Crippen molar-refractivity contribution in [3.8, 4) is 0 Å². The Balaban J connectivity index is 2.68. The maximum atomic E-state index is 11.9. The lowest BCUT2D eigenvalue weighted by Crippen LogP contribution is -2.27. The van der Waals surface area contributed by atoms with Crippen molar-refractivity contribution >= 4 is 29.1 Å². The lowest BCUT2D eigenvalue weighted by molar-refractivity contribution is -0.120. The molecule has 4 nitrogen and oxygen atoms in total. The Kier molecular flexibility index (Phi) is 6.05. The molecule has 0 aliphatic rings. The first kappa shape index (κ1) is 16.5. The Morgan fingerprint density at radius 2 is 2.10 bits per heavy atom. The van der Waals surface area contributed by atoms with Crippen LogP contribution in [0.4, 0.5) is 0 Å². The number of carbonyl (C=O) groups is 1. The Labute approximate surface area is 128 Å². The van der Waals surface area contributed by atoms with Gasteiger partial charge >= 0.3 is 0 Å². The van der Waals surface area contributed by atoms with Crippen molar-refractivity contribution < 1.29 is 4.79 Å². The number of allylic oxidation sites excluding steroid dienone is 2. The van der Waals surface area contributed by atoms with Crippen molar-refractivity contribution in [3.63, 3.8) is 0 Å². The summed E-state index contributed by atoms with van der Waals surface area (Å²) in [5, 5.41) is 10.3. The highest BCUT2D eigenvalue weighted by Gasteiger charge is 2.12. The summed E-state index contributed by atoms with van der Waals surface area (Å²) in [6, 6.07) is 0. The van der Waals surface area contributed by atoms with Crippen LogP contribution in [0.15, 0.2) is 34.9 Å². The minimum absolute atomic E-state index is 0.137. The highest BCUT2D eigenvalue weighted by Crippen LogP contribution is 2.20. The van der Waals surface area contributed by atoms with E-state index in [1.54, 1.807) is 0 Å². The van der Waals surface area contributed by atoms with Crippen LogP contribution in [-0.2, 0) is 11.2 Å². The summed E-state index contributed by atoms with van der Waals surface area (Å²) in [6.07, 6.45) is 1.71. The van der Waals surface area contributed by atoms with Gasteiger partial charge in [0.1, 0.15) is 0 Å². The van der Waals surface area contributed by atoms with Crippen LogP contribution >= 0.6 is 23.2 Å². The summed E-state index contributed by atoms with van der Waals surface area (Å²) in [6.45, 7) is 11.1. The molecule has 0 unspecified atom stereocenters. The van der Waals surface area contributed by atoms with Crippen molar-refractivity contribution in [3.05, 3.63) is 51.8 Å². The normalized spacial score (nSPS) is 11.8. The molecule has 1 aromatic heterocycles. The first-order valence-corrected chi connectivity index (χ1v) is 6.75. The first-order valence-electron chi connectivity index (χ1n) is 5.99. The van der Waals surface area contributed by atoms with Crippen molar-refractivity contribution in [2.24, 2.45) is 0 Å². The number of carbonyl (C=O) groups excluding carboxylic acids is 1. The third kappa shape index (κ3) is 4.25. The molecule has 6 heteroatoms. The number of aryl methyl sites for hydroxylation is 2. The minimum Gasteiger partial charge on any atom is -0.352 e. The Morgan fingerprint density at radius 1 is 1.45 bits per heavy atom. The van der Waals surface area contributed by atoms with E-state index in [1.165, 1.54) is 6.08 Å². The molecule has 1 amide bonds. The molecule has 0 saturated heterocycles. The van der Waals surface area contributed by atoms with Crippen LogP contribution in [0, 0.1) is 13.8 Å². The molecule has 0 bridgehead atoms. The molecule has 0 aliphatic carbocycles. The van der Waals surface area contributed by atoms with Crippen molar-refractivity contribution in [1.29, 1.82) is 0 Å². The van der Waals surface area contributed by atoms with Crippen LogP contribution in [0.3, 0.4) is 0 Å². The van der Waals surface area contributed by atoms with Crippen LogP contribution in [0.25, 0.3) is 0 Å². The molecule has 0 aromatic carbocycles. The first-order chi connectivity index (χ1) is 9.36. The maximum Gasteiger partial charge on any atom is 0.224 e. The monoisotopic (exact) mass is 313 g/mol. The van der Waals surface area contributed by atoms with Gasteiger partial charge in [-0.15, -0.1) is 0 Å². The summed E-state index contributed by atoms with van der Waals surface area (Å²) >= 11 is 11.8. The van der Waals surface area contributed by atoms with Gasteiger partial charge in [-0.25, -0.2) is 0 Å². The minimum atomic E-state index is -0.137. The van der Waals surface area contributed by atoms with E-state index >= 15 is 0 Å². The molecule has 0 aliphatic heterocycles. The van der Waals surface area contributed by atoms with E-state index in [1.807, 2.05) is 13.8 Å². The molecule has 0 saturated carbocycles. The molecule has 1 aromatic rings. The summed E-state index contributed by atoms with van der Waals surface area (Å²) in [7, 11) is 0. The van der Waals surface area contributed by atoms with Crippen LogP contribution in [0.1, 0.15) is 17.0 Å². The SMILES string of the molecule is C=C/C(Cl)=C(/CNC(=O)Cc1c(C)n[nH]c1C)C(=C)Cl. The molecule has 0 spiro atoms. The molecular formula is C14H17Cl2N3O. The zero-order valence-corrected chi connectivity index (χ0v) is 13.0. The number of rotatable bonds is 6. The van der Waals surface area contributed by atoms with Gasteiger partial charge in [0.15, 0.2) is 0 Å². The number of amides is 1. The zero-order valence-electron chi connectivity index (χ0n) is 11.5. The molecular weight excluding hydrogens is 297 g/mol. The molecule has 2 N–H and O–H groups in total. The number of H-pyrrole nitrogens is 1. The number of hydrogen-bond donors (Lipinski definition) is 2. The van der Waals surface area contributed by atoms with Gasteiger partial charge in [-0.2, -0.15) is 5.10 Å². The van der Waals surface area contributed by atoms with Gasteiger partial charge in [0.05, 0.1) is 12.1 Å². The summed E-state index contributed by atoms with van der Waals surface area (Å²) in [5.74, 6) is -0.137. The van der Waals surface area contributed by atoms with Gasteiger partial charge in [-0.05, 0) is 13.8 Å². The third-order valence-electron chi connectivity index (χ3n) is 2.88. The van der Waals surface area contributed by atoms with Crippen molar-refractivity contribution in [2.45, 2.75) is 20.3 Å². The number of nitrogens with zero attached hydrogens (tertiary/aromatic N) is 1. The standard InChI is InChI=1S/C14H17Cl2N3O/c1-5-13(16)12(8(2)15)7-17-14(20)6-11-9(3)18-19-10(11)4/h5H,1-2,6-7H2,3-4H3,(H,17,20)(H,18,19)/b13-12+. The molecule has 20 heavy (non-hydrogen) atoms. The van der Waals surface area contributed by atoms with Gasteiger partial charge in [-0.3, -0.25) is 9.89 Å². The zero-order chi connectivity index (χ0) is 15.3. The Morgan fingerprint density at radius 3 is 2.55 bits per heavy atom. The van der Waals surface area contributed by atoms with E-state index < -0.39 is 0 Å². The van der Waals surface area contributed by atoms with Gasteiger partial charge in [-0.1, -0.05) is 42.4 Å². The molecule has 0 atom stereocenters. The van der Waals surface area contributed by atoms with E-state index in [0.29, 0.717) is 10.6 Å². The van der Waals surface area contributed by atoms with E-state index in [2.05, 4.69) is 28.7 Å². The number of aromatic nitrogens is 2. The number of aromatic amines is 1. The molecule has 0 fully saturated rings. The highest BCUT2D eigenvalue weighted by atomic mass is 35.5. The van der Waals surface area contributed by atoms with Gasteiger partial charge in [0.2, 0.25) is 5.91 Å². The fourth-order valence-electron chi connectivity index (χ4n) is 1.68. The Bertz CT molecular complexity index is 553. The largest absolute Gasteiger partial charge is 0.352 e. The molecule has 108 valence electrons. The fourth-order valence-corrected chi connectivity index (χ4v) is 2.08. The van der Waals surface area contributed by atoms with E-state index in [0.717, 1.165) is 17.0 Å². The molecule has 0 radical (unpaired) electrons. The van der Waals surface area contributed by atoms with E-state index in [9.17, 15) is 4.79 Å². The second kappa shape index (κ2) is 7.31. The highest BCUT2D eigenvalue weighted by molar-refractivity contribution is 6.36. The predicted molar refractivity (Wildman–Crippen MR) is 82.8 cm³/mol. The van der Waals surface area contributed by atoms with Gasteiger partial charge < -0.3 is 5.32 Å².